The highest BCUT2D eigenvalue weighted by Gasteiger charge is 2.22. The van der Waals surface area contributed by atoms with Gasteiger partial charge in [-0.15, -0.1) is 0 Å². The molecule has 0 aliphatic rings. The summed E-state index contributed by atoms with van der Waals surface area (Å²) in [6, 6.07) is 4.84. The number of pyridine rings is 1. The van der Waals surface area contributed by atoms with Crippen LogP contribution in [0.25, 0.3) is 10.9 Å². The van der Waals surface area contributed by atoms with Crippen LogP contribution in [0.3, 0.4) is 0 Å². The number of alkyl halides is 2. The Hall–Kier alpha value is -3.10. The van der Waals surface area contributed by atoms with Crippen molar-refractivity contribution < 1.29 is 17.9 Å². The molecular weight excluding hydrogens is 421 g/mol. The number of benzene rings is 1. The molecule has 0 bridgehead atoms. The summed E-state index contributed by atoms with van der Waals surface area (Å²) in [6.07, 6.45) is -2.92. The molecule has 32 heavy (non-hydrogen) atoms. The van der Waals surface area contributed by atoms with E-state index in [1.54, 1.807) is 27.0 Å². The number of aryl methyl sites for hydroxylation is 1. The fraction of sp³-hybridized carbons (Fsp3) is 0.435. The third kappa shape index (κ3) is 4.87. The predicted octanol–water partition coefficient (Wildman–Crippen LogP) is 5.31. The van der Waals surface area contributed by atoms with Gasteiger partial charge in [0.1, 0.15) is 23.0 Å². The average Bonchev–Trinajstić information content (AvgIpc) is 2.69. The maximum Gasteiger partial charge on any atom is 0.279 e. The predicted molar refractivity (Wildman–Crippen MR) is 118 cm³/mol. The van der Waals surface area contributed by atoms with Crippen LogP contribution in [0.4, 0.5) is 19.0 Å². The summed E-state index contributed by atoms with van der Waals surface area (Å²) >= 11 is 0. The molecule has 1 aromatic carbocycles. The molecule has 0 fully saturated rings. The Morgan fingerprint density at radius 3 is 2.47 bits per heavy atom. The summed E-state index contributed by atoms with van der Waals surface area (Å²) in [6.45, 7) is 9.68. The summed E-state index contributed by atoms with van der Waals surface area (Å²) in [4.78, 5) is 21.6. The van der Waals surface area contributed by atoms with Gasteiger partial charge in [0.15, 0.2) is 5.88 Å². The van der Waals surface area contributed by atoms with Crippen molar-refractivity contribution in [2.24, 2.45) is 12.5 Å². The van der Waals surface area contributed by atoms with Gasteiger partial charge in [-0.1, -0.05) is 39.0 Å². The molecule has 0 saturated heterocycles. The first-order valence-corrected chi connectivity index (χ1v) is 10.2. The van der Waals surface area contributed by atoms with Crippen LogP contribution in [-0.4, -0.2) is 21.1 Å². The van der Waals surface area contributed by atoms with Crippen LogP contribution >= 0.6 is 0 Å². The Bertz CT molecular complexity index is 1200. The molecular formula is C23H27F3N4O2. The monoisotopic (exact) mass is 448 g/mol. The second-order valence-corrected chi connectivity index (χ2v) is 8.99. The lowest BCUT2D eigenvalue weighted by Crippen LogP contribution is -2.24. The molecule has 1 atom stereocenters. The fourth-order valence-corrected chi connectivity index (χ4v) is 3.25. The van der Waals surface area contributed by atoms with Crippen LogP contribution in [-0.2, 0) is 7.05 Å². The summed E-state index contributed by atoms with van der Waals surface area (Å²) in [5, 5.41) is 3.46. The number of ether oxygens (including phenoxy) is 1. The number of aromatic nitrogens is 3. The van der Waals surface area contributed by atoms with Crippen molar-refractivity contribution in [3.05, 3.63) is 57.4 Å². The summed E-state index contributed by atoms with van der Waals surface area (Å²) in [5.74, 6) is 0.00350. The van der Waals surface area contributed by atoms with Gasteiger partial charge in [0.05, 0.1) is 23.6 Å². The van der Waals surface area contributed by atoms with Gasteiger partial charge < -0.3 is 10.1 Å². The van der Waals surface area contributed by atoms with Gasteiger partial charge in [0.2, 0.25) is 0 Å². The topological polar surface area (TPSA) is 69.0 Å². The SMILES string of the molecule is Cc1nc(N[C@H](C)c2cccc(C(F)F)c2F)c2cc(OCC(C)(C)C)n(C)c(=O)c2n1. The molecule has 0 saturated carbocycles. The number of halogens is 3. The molecule has 2 aromatic heterocycles. The summed E-state index contributed by atoms with van der Waals surface area (Å²) < 4.78 is 48.1. The number of rotatable bonds is 6. The average molecular weight is 448 g/mol. The molecule has 0 unspecified atom stereocenters. The van der Waals surface area contributed by atoms with E-state index < -0.39 is 23.8 Å². The summed E-state index contributed by atoms with van der Waals surface area (Å²) in [5.41, 5.74) is -0.901. The minimum atomic E-state index is -2.92. The number of nitrogens with one attached hydrogen (secondary N) is 1. The zero-order chi connectivity index (χ0) is 23.8. The fourth-order valence-electron chi connectivity index (χ4n) is 3.25. The van der Waals surface area contributed by atoms with Crippen molar-refractivity contribution >= 4 is 16.7 Å². The van der Waals surface area contributed by atoms with E-state index in [0.717, 1.165) is 6.07 Å². The molecule has 172 valence electrons. The molecule has 1 N–H and O–H groups in total. The second-order valence-electron chi connectivity index (χ2n) is 8.99. The maximum atomic E-state index is 14.6. The number of hydrogen-bond acceptors (Lipinski definition) is 5. The van der Waals surface area contributed by atoms with Gasteiger partial charge in [-0.05, 0) is 19.3 Å². The van der Waals surface area contributed by atoms with Crippen LogP contribution < -0.4 is 15.6 Å². The number of fused-ring (bicyclic) bond motifs is 1. The third-order valence-corrected chi connectivity index (χ3v) is 4.93. The van der Waals surface area contributed by atoms with Crippen LogP contribution in [0.5, 0.6) is 5.88 Å². The van der Waals surface area contributed by atoms with Gasteiger partial charge >= 0.3 is 0 Å². The van der Waals surface area contributed by atoms with E-state index in [4.69, 9.17) is 4.74 Å². The first-order valence-electron chi connectivity index (χ1n) is 10.2. The minimum absolute atomic E-state index is 0.0697. The van der Waals surface area contributed by atoms with E-state index in [1.807, 2.05) is 20.8 Å². The van der Waals surface area contributed by atoms with E-state index >= 15 is 0 Å². The lowest BCUT2D eigenvalue weighted by molar-refractivity contribution is 0.146. The standard InChI is InChI=1S/C23H27F3N4O2/c1-12(14-8-7-9-15(18(14)24)20(25)26)27-21-16-10-17(32-11-23(3,4)5)30(6)22(31)19(16)28-13(2)29-21/h7-10,12,20H,11H2,1-6H3,(H,27,28,29)/t12-/m1/s1. The molecule has 6 nitrogen and oxygen atoms in total. The lowest BCUT2D eigenvalue weighted by Gasteiger charge is -2.21. The minimum Gasteiger partial charge on any atom is -0.478 e. The molecule has 0 spiro atoms. The maximum absolute atomic E-state index is 14.6. The van der Waals surface area contributed by atoms with E-state index in [9.17, 15) is 18.0 Å². The number of nitrogens with zero attached hydrogens (tertiary/aromatic N) is 3. The molecule has 0 aliphatic carbocycles. The molecule has 3 rings (SSSR count). The highest BCUT2D eigenvalue weighted by atomic mass is 19.3. The normalized spacial score (nSPS) is 12.9. The van der Waals surface area contributed by atoms with Crippen LogP contribution in [0.15, 0.2) is 29.1 Å². The van der Waals surface area contributed by atoms with Crippen molar-refractivity contribution in [1.82, 2.24) is 14.5 Å². The van der Waals surface area contributed by atoms with Gasteiger partial charge in [-0.25, -0.2) is 23.1 Å². The second kappa shape index (κ2) is 8.80. The van der Waals surface area contributed by atoms with Crippen molar-refractivity contribution in [1.29, 1.82) is 0 Å². The van der Waals surface area contributed by atoms with Crippen LogP contribution in [0.1, 0.15) is 57.1 Å². The Kier molecular flexibility index (Phi) is 6.48. The molecule has 0 radical (unpaired) electrons. The van der Waals surface area contributed by atoms with E-state index in [0.29, 0.717) is 29.5 Å². The largest absolute Gasteiger partial charge is 0.478 e. The molecule has 0 aliphatic heterocycles. The number of hydrogen-bond donors (Lipinski definition) is 1. The molecule has 9 heteroatoms. The first kappa shape index (κ1) is 23.6. The molecule has 0 amide bonds. The van der Waals surface area contributed by atoms with Gasteiger partial charge in [0.25, 0.3) is 12.0 Å². The Morgan fingerprint density at radius 1 is 1.19 bits per heavy atom. The Labute approximate surface area is 184 Å². The molecule has 2 heterocycles. The highest BCUT2D eigenvalue weighted by molar-refractivity contribution is 5.89. The van der Waals surface area contributed by atoms with Crippen molar-refractivity contribution in [2.45, 2.75) is 47.1 Å². The number of anilines is 1. The first-order chi connectivity index (χ1) is 14.9. The Morgan fingerprint density at radius 2 is 1.84 bits per heavy atom. The van der Waals surface area contributed by atoms with E-state index in [-0.39, 0.29) is 22.1 Å². The highest BCUT2D eigenvalue weighted by Crippen LogP contribution is 2.31. The molecule has 3 aromatic rings. The smallest absolute Gasteiger partial charge is 0.279 e. The van der Waals surface area contributed by atoms with Gasteiger partial charge in [0, 0.05) is 18.7 Å². The van der Waals surface area contributed by atoms with Crippen molar-refractivity contribution in [3.8, 4) is 5.88 Å². The zero-order valence-electron chi connectivity index (χ0n) is 19.0. The van der Waals surface area contributed by atoms with Crippen LogP contribution in [0.2, 0.25) is 0 Å². The van der Waals surface area contributed by atoms with Crippen molar-refractivity contribution in [3.63, 3.8) is 0 Å². The third-order valence-electron chi connectivity index (χ3n) is 4.93. The lowest BCUT2D eigenvalue weighted by atomic mass is 9.99. The van der Waals surface area contributed by atoms with Crippen molar-refractivity contribution in [2.75, 3.05) is 11.9 Å². The van der Waals surface area contributed by atoms with E-state index in [1.165, 1.54) is 16.7 Å². The zero-order valence-corrected chi connectivity index (χ0v) is 19.0. The quantitative estimate of drug-likeness (QED) is 0.553. The summed E-state index contributed by atoms with van der Waals surface area (Å²) in [7, 11) is 1.60. The van der Waals surface area contributed by atoms with E-state index in [2.05, 4.69) is 15.3 Å². The van der Waals surface area contributed by atoms with Gasteiger partial charge in [-0.2, -0.15) is 0 Å². The Balaban J connectivity index is 2.07. The van der Waals surface area contributed by atoms with Crippen LogP contribution in [0, 0.1) is 18.2 Å². The van der Waals surface area contributed by atoms with Gasteiger partial charge in [-0.3, -0.25) is 9.36 Å².